The molecule has 0 unspecified atom stereocenters. The van der Waals surface area contributed by atoms with Crippen LogP contribution in [0.25, 0.3) is 17.0 Å². The lowest BCUT2D eigenvalue weighted by Crippen LogP contribution is -2.05. The van der Waals surface area contributed by atoms with Crippen molar-refractivity contribution < 1.29 is 13.9 Å². The van der Waals surface area contributed by atoms with Crippen LogP contribution in [-0.2, 0) is 22.6 Å². The minimum Gasteiger partial charge on any atom is -0.461 e. The van der Waals surface area contributed by atoms with Crippen LogP contribution in [0.3, 0.4) is 0 Å². The molecule has 0 radical (unpaired) electrons. The molecule has 0 N–H and O–H groups in total. The highest BCUT2D eigenvalue weighted by Crippen LogP contribution is 2.22. The highest BCUT2D eigenvalue weighted by Gasteiger charge is 2.10. The average molecular weight is 346 g/mol. The van der Waals surface area contributed by atoms with Crippen LogP contribution in [0.5, 0.6) is 0 Å². The van der Waals surface area contributed by atoms with Crippen LogP contribution in [0.4, 0.5) is 0 Å². The first kappa shape index (κ1) is 16.1. The number of ether oxygens (including phenoxy) is 1. The molecule has 4 rings (SSSR count). The molecule has 3 heterocycles. The van der Waals surface area contributed by atoms with Crippen LogP contribution >= 0.6 is 0 Å². The largest absolute Gasteiger partial charge is 0.461 e. The Morgan fingerprint density at radius 1 is 1.04 bits per heavy atom. The predicted molar refractivity (Wildman–Crippen MR) is 97.5 cm³/mol. The zero-order chi connectivity index (χ0) is 17.8. The van der Waals surface area contributed by atoms with Crippen LogP contribution in [0.1, 0.15) is 17.9 Å². The first-order chi connectivity index (χ1) is 12.8. The van der Waals surface area contributed by atoms with E-state index in [1.807, 2.05) is 77.5 Å². The number of aromatic nitrogens is 2. The molecule has 1 aromatic carbocycles. The van der Waals surface area contributed by atoms with Gasteiger partial charge in [0.15, 0.2) is 0 Å². The molecule has 0 atom stereocenters. The van der Waals surface area contributed by atoms with Crippen LogP contribution in [-0.4, -0.2) is 15.4 Å². The summed E-state index contributed by atoms with van der Waals surface area (Å²) in [4.78, 5) is 16.4. The lowest BCUT2D eigenvalue weighted by atomic mass is 10.2. The number of hydrogen-bond acceptors (Lipinski definition) is 4. The van der Waals surface area contributed by atoms with Crippen molar-refractivity contribution in [3.05, 3.63) is 84.5 Å². The SMILES string of the molecule is O=C(CCc1ccc(-c2ccccc2)o1)OCc1cn2ccccc2n1. The van der Waals surface area contributed by atoms with Gasteiger partial charge in [0, 0.05) is 24.4 Å². The fourth-order valence-electron chi connectivity index (χ4n) is 2.78. The number of imidazole rings is 1. The summed E-state index contributed by atoms with van der Waals surface area (Å²) >= 11 is 0. The molecule has 0 aliphatic carbocycles. The number of carbonyl (C=O) groups is 1. The lowest BCUT2D eigenvalue weighted by molar-refractivity contribution is -0.145. The van der Waals surface area contributed by atoms with Gasteiger partial charge in [0.25, 0.3) is 0 Å². The molecule has 4 aromatic rings. The first-order valence-corrected chi connectivity index (χ1v) is 8.50. The van der Waals surface area contributed by atoms with Crippen molar-refractivity contribution in [3.63, 3.8) is 0 Å². The normalized spacial score (nSPS) is 10.9. The summed E-state index contributed by atoms with van der Waals surface area (Å²) in [5.41, 5.74) is 2.59. The Kier molecular flexibility index (Phi) is 4.51. The molecule has 0 aliphatic heterocycles. The van der Waals surface area contributed by atoms with E-state index in [-0.39, 0.29) is 19.0 Å². The van der Waals surface area contributed by atoms with E-state index in [0.717, 1.165) is 28.4 Å². The highest BCUT2D eigenvalue weighted by molar-refractivity contribution is 5.69. The van der Waals surface area contributed by atoms with Crippen molar-refractivity contribution in [3.8, 4) is 11.3 Å². The van der Waals surface area contributed by atoms with Gasteiger partial charge in [-0.2, -0.15) is 0 Å². The summed E-state index contributed by atoms with van der Waals surface area (Å²) in [7, 11) is 0. The second-order valence-corrected chi connectivity index (χ2v) is 5.99. The van der Waals surface area contributed by atoms with E-state index in [1.54, 1.807) is 0 Å². The number of aryl methyl sites for hydroxylation is 1. The molecule has 5 heteroatoms. The van der Waals surface area contributed by atoms with Gasteiger partial charge in [-0.3, -0.25) is 4.79 Å². The summed E-state index contributed by atoms with van der Waals surface area (Å²) in [6, 6.07) is 19.5. The first-order valence-electron chi connectivity index (χ1n) is 8.50. The number of fused-ring (bicyclic) bond motifs is 1. The molecule has 5 nitrogen and oxygen atoms in total. The standard InChI is InChI=1S/C21H18N2O3/c24-21(25-15-17-14-23-13-5-4-8-20(23)22-17)12-10-18-9-11-19(26-18)16-6-2-1-3-7-16/h1-9,11,13-14H,10,12,15H2. The van der Waals surface area contributed by atoms with E-state index >= 15 is 0 Å². The zero-order valence-corrected chi connectivity index (χ0v) is 14.2. The quantitative estimate of drug-likeness (QED) is 0.489. The summed E-state index contributed by atoms with van der Waals surface area (Å²) in [5.74, 6) is 1.31. The van der Waals surface area contributed by atoms with Crippen LogP contribution in [0.15, 0.2) is 77.5 Å². The molecule has 3 aromatic heterocycles. The fourth-order valence-corrected chi connectivity index (χ4v) is 2.78. The van der Waals surface area contributed by atoms with Gasteiger partial charge in [0.2, 0.25) is 0 Å². The maximum Gasteiger partial charge on any atom is 0.306 e. The van der Waals surface area contributed by atoms with Crippen LogP contribution in [0, 0.1) is 0 Å². The molecule has 0 aliphatic rings. The minimum absolute atomic E-state index is 0.175. The number of esters is 1. The molecular weight excluding hydrogens is 328 g/mol. The second-order valence-electron chi connectivity index (χ2n) is 5.99. The van der Waals surface area contributed by atoms with Crippen LogP contribution in [0.2, 0.25) is 0 Å². The Hall–Kier alpha value is -3.34. The third kappa shape index (κ3) is 3.67. The molecule has 0 amide bonds. The average Bonchev–Trinajstić information content (AvgIpc) is 3.32. The highest BCUT2D eigenvalue weighted by atomic mass is 16.5. The van der Waals surface area contributed by atoms with Crippen molar-refractivity contribution in [1.29, 1.82) is 0 Å². The van der Waals surface area contributed by atoms with Gasteiger partial charge < -0.3 is 13.6 Å². The third-order valence-electron chi connectivity index (χ3n) is 4.09. The van der Waals surface area contributed by atoms with Gasteiger partial charge in [-0.25, -0.2) is 4.98 Å². The zero-order valence-electron chi connectivity index (χ0n) is 14.2. The van der Waals surface area contributed by atoms with E-state index in [9.17, 15) is 4.79 Å². The molecular formula is C21H18N2O3. The number of nitrogens with zero attached hydrogens (tertiary/aromatic N) is 2. The monoisotopic (exact) mass is 346 g/mol. The van der Waals surface area contributed by atoms with E-state index in [0.29, 0.717) is 6.42 Å². The smallest absolute Gasteiger partial charge is 0.306 e. The van der Waals surface area contributed by atoms with Crippen molar-refractivity contribution in [2.24, 2.45) is 0 Å². The van der Waals surface area contributed by atoms with Gasteiger partial charge in [0.1, 0.15) is 23.8 Å². The van der Waals surface area contributed by atoms with E-state index < -0.39 is 0 Å². The van der Waals surface area contributed by atoms with Gasteiger partial charge in [-0.15, -0.1) is 0 Å². The van der Waals surface area contributed by atoms with Crippen molar-refractivity contribution in [1.82, 2.24) is 9.38 Å². The van der Waals surface area contributed by atoms with Gasteiger partial charge in [-0.1, -0.05) is 36.4 Å². The number of benzene rings is 1. The molecule has 0 fully saturated rings. The number of furan rings is 1. The fraction of sp³-hybridized carbons (Fsp3) is 0.143. The Morgan fingerprint density at radius 2 is 1.88 bits per heavy atom. The maximum atomic E-state index is 12.0. The van der Waals surface area contributed by atoms with E-state index in [4.69, 9.17) is 9.15 Å². The lowest BCUT2D eigenvalue weighted by Gasteiger charge is -2.02. The molecule has 130 valence electrons. The predicted octanol–water partition coefficient (Wildman–Crippen LogP) is 4.27. The summed E-state index contributed by atoms with van der Waals surface area (Å²) in [6.07, 6.45) is 4.56. The van der Waals surface area contributed by atoms with Crippen molar-refractivity contribution >= 4 is 11.6 Å². The number of hydrogen-bond donors (Lipinski definition) is 0. The van der Waals surface area contributed by atoms with E-state index in [1.165, 1.54) is 0 Å². The van der Waals surface area contributed by atoms with Gasteiger partial charge >= 0.3 is 5.97 Å². The van der Waals surface area contributed by atoms with Gasteiger partial charge in [0.05, 0.1) is 12.1 Å². The Balaban J connectivity index is 1.29. The van der Waals surface area contributed by atoms with Crippen LogP contribution < -0.4 is 0 Å². The maximum absolute atomic E-state index is 12.0. The molecule has 0 saturated carbocycles. The Morgan fingerprint density at radius 3 is 2.73 bits per heavy atom. The molecule has 0 spiro atoms. The molecule has 0 bridgehead atoms. The number of carbonyl (C=O) groups excluding carboxylic acids is 1. The Bertz CT molecular complexity index is 985. The van der Waals surface area contributed by atoms with E-state index in [2.05, 4.69) is 4.98 Å². The summed E-state index contributed by atoms with van der Waals surface area (Å²) < 4.78 is 13.0. The topological polar surface area (TPSA) is 56.7 Å². The van der Waals surface area contributed by atoms with Gasteiger partial charge in [-0.05, 0) is 24.3 Å². The molecule has 26 heavy (non-hydrogen) atoms. The number of pyridine rings is 1. The second kappa shape index (κ2) is 7.27. The third-order valence-corrected chi connectivity index (χ3v) is 4.09. The summed E-state index contributed by atoms with van der Waals surface area (Å²) in [5, 5.41) is 0. The Labute approximate surface area is 150 Å². The van der Waals surface area contributed by atoms with Crippen molar-refractivity contribution in [2.45, 2.75) is 19.4 Å². The number of rotatable bonds is 6. The molecule has 0 saturated heterocycles. The summed E-state index contributed by atoms with van der Waals surface area (Å²) in [6.45, 7) is 0.175. The minimum atomic E-state index is -0.264. The van der Waals surface area contributed by atoms with Crippen molar-refractivity contribution in [2.75, 3.05) is 0 Å².